The highest BCUT2D eigenvalue weighted by atomic mass is 35.5. The van der Waals surface area contributed by atoms with Crippen molar-refractivity contribution >= 4 is 24.0 Å². The van der Waals surface area contributed by atoms with Crippen molar-refractivity contribution in [1.29, 1.82) is 0 Å². The molecule has 0 saturated carbocycles. The van der Waals surface area contributed by atoms with Gasteiger partial charge < -0.3 is 9.47 Å². The fourth-order valence-electron chi connectivity index (χ4n) is 2.05. The van der Waals surface area contributed by atoms with E-state index in [0.29, 0.717) is 0 Å². The molecule has 21 heavy (non-hydrogen) atoms. The lowest BCUT2D eigenvalue weighted by Gasteiger charge is -2.20. The van der Waals surface area contributed by atoms with Crippen molar-refractivity contribution in [2.24, 2.45) is 12.5 Å². The van der Waals surface area contributed by atoms with Gasteiger partial charge in [-0.15, -0.1) is 22.6 Å². The van der Waals surface area contributed by atoms with E-state index in [1.54, 1.807) is 12.1 Å². The predicted octanol–water partition coefficient (Wildman–Crippen LogP) is 3.73. The number of anilines is 2. The number of aromatic nitrogens is 3. The minimum atomic E-state index is -0.242. The molecule has 2 rings (SSSR count). The van der Waals surface area contributed by atoms with Gasteiger partial charge in [-0.1, -0.05) is 20.8 Å². The van der Waals surface area contributed by atoms with Crippen molar-refractivity contribution in [3.05, 3.63) is 35.9 Å². The fraction of sp³-hybridized carbons (Fsp3) is 0.467. The molecule has 116 valence electrons. The summed E-state index contributed by atoms with van der Waals surface area (Å²) in [4.78, 5) is 1.90. The van der Waals surface area contributed by atoms with Crippen LogP contribution >= 0.6 is 12.4 Å². The molecular formula is C15H22ClFN4. The summed E-state index contributed by atoms with van der Waals surface area (Å²) < 4.78 is 15.0. The molecule has 0 aliphatic carbocycles. The summed E-state index contributed by atoms with van der Waals surface area (Å²) in [6.07, 6.45) is 0.855. The zero-order valence-corrected chi connectivity index (χ0v) is 13.9. The average Bonchev–Trinajstić information content (AvgIpc) is 2.69. The third-order valence-electron chi connectivity index (χ3n) is 3.14. The fourth-order valence-corrected chi connectivity index (χ4v) is 2.05. The Bertz CT molecular complexity index is 587. The standard InChI is InChI=1S/C15H21FN4.ClH/c1-15(2,3)10-13-17-18-14(20(13)5)19(4)12-8-6-11(16)7-9-12;/h6-9H,10H2,1-5H3;1H. The third kappa shape index (κ3) is 4.17. The first-order valence-electron chi connectivity index (χ1n) is 6.65. The number of hydrogen-bond acceptors (Lipinski definition) is 3. The SMILES string of the molecule is CN(c1ccc(F)cc1)c1nnc(CC(C)(C)C)n1C.Cl. The van der Waals surface area contributed by atoms with E-state index < -0.39 is 0 Å². The molecule has 6 heteroatoms. The lowest BCUT2D eigenvalue weighted by molar-refractivity contribution is 0.395. The van der Waals surface area contributed by atoms with Crippen LogP contribution < -0.4 is 4.90 Å². The minimum absolute atomic E-state index is 0. The quantitative estimate of drug-likeness (QED) is 0.866. The van der Waals surface area contributed by atoms with Gasteiger partial charge in [0, 0.05) is 26.2 Å². The number of halogens is 2. The van der Waals surface area contributed by atoms with E-state index in [1.807, 2.05) is 23.6 Å². The summed E-state index contributed by atoms with van der Waals surface area (Å²) in [6, 6.07) is 6.34. The van der Waals surface area contributed by atoms with Gasteiger partial charge in [-0.25, -0.2) is 4.39 Å². The molecule has 1 aromatic heterocycles. The second-order valence-corrected chi connectivity index (χ2v) is 6.25. The summed E-state index contributed by atoms with van der Waals surface area (Å²) in [5, 5.41) is 8.51. The molecule has 0 bridgehead atoms. The Labute approximate surface area is 131 Å². The van der Waals surface area contributed by atoms with Crippen LogP contribution in [0.4, 0.5) is 16.0 Å². The zero-order valence-electron chi connectivity index (χ0n) is 13.1. The molecule has 0 fully saturated rings. The Balaban J connectivity index is 0.00000220. The van der Waals surface area contributed by atoms with Gasteiger partial charge in [0.2, 0.25) is 5.95 Å². The molecule has 1 heterocycles. The smallest absolute Gasteiger partial charge is 0.231 e. The van der Waals surface area contributed by atoms with Gasteiger partial charge in [-0.2, -0.15) is 0 Å². The summed E-state index contributed by atoms with van der Waals surface area (Å²) in [7, 11) is 3.86. The number of benzene rings is 1. The van der Waals surface area contributed by atoms with Crippen molar-refractivity contribution in [3.8, 4) is 0 Å². The largest absolute Gasteiger partial charge is 0.314 e. The molecule has 0 aliphatic rings. The topological polar surface area (TPSA) is 34.0 Å². The maximum atomic E-state index is 13.0. The molecular weight excluding hydrogens is 291 g/mol. The highest BCUT2D eigenvalue weighted by molar-refractivity contribution is 5.85. The Morgan fingerprint density at radius 1 is 1.14 bits per heavy atom. The van der Waals surface area contributed by atoms with E-state index in [1.165, 1.54) is 12.1 Å². The Morgan fingerprint density at radius 2 is 1.71 bits per heavy atom. The third-order valence-corrected chi connectivity index (χ3v) is 3.14. The summed E-state index contributed by atoms with van der Waals surface area (Å²) in [5.74, 6) is 1.45. The van der Waals surface area contributed by atoms with E-state index >= 15 is 0 Å². The molecule has 1 aromatic carbocycles. The molecule has 2 aromatic rings. The highest BCUT2D eigenvalue weighted by Gasteiger charge is 2.19. The van der Waals surface area contributed by atoms with E-state index in [-0.39, 0.29) is 23.6 Å². The lowest BCUT2D eigenvalue weighted by atomic mass is 9.92. The van der Waals surface area contributed by atoms with E-state index in [2.05, 4.69) is 31.0 Å². The second-order valence-electron chi connectivity index (χ2n) is 6.25. The van der Waals surface area contributed by atoms with Gasteiger partial charge >= 0.3 is 0 Å². The van der Waals surface area contributed by atoms with Gasteiger partial charge in [0.25, 0.3) is 0 Å². The van der Waals surface area contributed by atoms with Crippen LogP contribution in [-0.2, 0) is 13.5 Å². The molecule has 4 nitrogen and oxygen atoms in total. The normalized spacial score (nSPS) is 11.1. The van der Waals surface area contributed by atoms with Crippen molar-refractivity contribution < 1.29 is 4.39 Å². The van der Waals surface area contributed by atoms with Crippen LogP contribution in [0.3, 0.4) is 0 Å². The van der Waals surface area contributed by atoms with Crippen LogP contribution in [-0.4, -0.2) is 21.8 Å². The van der Waals surface area contributed by atoms with E-state index in [9.17, 15) is 4.39 Å². The number of nitrogens with zero attached hydrogens (tertiary/aromatic N) is 4. The molecule has 0 radical (unpaired) electrons. The van der Waals surface area contributed by atoms with Gasteiger partial charge in [0.15, 0.2) is 0 Å². The first-order valence-corrected chi connectivity index (χ1v) is 6.65. The van der Waals surface area contributed by atoms with E-state index in [0.717, 1.165) is 23.9 Å². The van der Waals surface area contributed by atoms with Gasteiger partial charge in [-0.3, -0.25) is 0 Å². The first-order chi connectivity index (χ1) is 9.28. The van der Waals surface area contributed by atoms with Crippen LogP contribution in [0.5, 0.6) is 0 Å². The summed E-state index contributed by atoms with van der Waals surface area (Å²) in [5.41, 5.74) is 1.04. The summed E-state index contributed by atoms with van der Waals surface area (Å²) >= 11 is 0. The molecule has 0 N–H and O–H groups in total. The number of hydrogen-bond donors (Lipinski definition) is 0. The lowest BCUT2D eigenvalue weighted by Crippen LogP contribution is -2.17. The Kier molecular flexibility index (Phi) is 5.34. The second kappa shape index (κ2) is 6.43. The summed E-state index contributed by atoms with van der Waals surface area (Å²) in [6.45, 7) is 6.52. The molecule has 0 unspecified atom stereocenters. The van der Waals surface area contributed by atoms with E-state index in [4.69, 9.17) is 0 Å². The van der Waals surface area contributed by atoms with Gasteiger partial charge in [0.05, 0.1) is 0 Å². The van der Waals surface area contributed by atoms with Crippen LogP contribution in [0.15, 0.2) is 24.3 Å². The number of rotatable bonds is 3. The monoisotopic (exact) mass is 312 g/mol. The van der Waals surface area contributed by atoms with Crippen molar-refractivity contribution in [2.45, 2.75) is 27.2 Å². The van der Waals surface area contributed by atoms with Crippen LogP contribution in [0.1, 0.15) is 26.6 Å². The van der Waals surface area contributed by atoms with Crippen LogP contribution in [0, 0.1) is 11.2 Å². The maximum Gasteiger partial charge on any atom is 0.231 e. The highest BCUT2D eigenvalue weighted by Crippen LogP contribution is 2.25. The minimum Gasteiger partial charge on any atom is -0.314 e. The molecule has 0 spiro atoms. The zero-order chi connectivity index (χ0) is 14.9. The molecule has 0 atom stereocenters. The van der Waals surface area contributed by atoms with Gasteiger partial charge in [-0.05, 0) is 29.7 Å². The van der Waals surface area contributed by atoms with Crippen molar-refractivity contribution in [3.63, 3.8) is 0 Å². The van der Waals surface area contributed by atoms with Crippen LogP contribution in [0.2, 0.25) is 0 Å². The average molecular weight is 313 g/mol. The molecule has 0 amide bonds. The first kappa shape index (κ1) is 17.4. The Morgan fingerprint density at radius 3 is 2.24 bits per heavy atom. The Hall–Kier alpha value is -1.62. The van der Waals surface area contributed by atoms with Crippen molar-refractivity contribution in [1.82, 2.24) is 14.8 Å². The van der Waals surface area contributed by atoms with Crippen molar-refractivity contribution in [2.75, 3.05) is 11.9 Å². The van der Waals surface area contributed by atoms with Crippen LogP contribution in [0.25, 0.3) is 0 Å². The molecule has 0 saturated heterocycles. The predicted molar refractivity (Wildman–Crippen MR) is 85.9 cm³/mol. The molecule has 0 aliphatic heterocycles. The van der Waals surface area contributed by atoms with Gasteiger partial charge in [0.1, 0.15) is 11.6 Å². The maximum absolute atomic E-state index is 13.0.